The van der Waals surface area contributed by atoms with Crippen molar-refractivity contribution in [2.45, 2.75) is 9.79 Å². The van der Waals surface area contributed by atoms with Crippen molar-refractivity contribution in [3.05, 3.63) is 60.8 Å². The van der Waals surface area contributed by atoms with Crippen LogP contribution in [0.3, 0.4) is 0 Å². The van der Waals surface area contributed by atoms with Gasteiger partial charge in [0.05, 0.1) is 27.3 Å². The molecule has 3 aromatic rings. The zero-order valence-electron chi connectivity index (χ0n) is 13.2. The molecule has 0 aliphatic heterocycles. The van der Waals surface area contributed by atoms with E-state index in [4.69, 9.17) is 10.3 Å². The summed E-state index contributed by atoms with van der Waals surface area (Å²) in [6.45, 7) is 0. The monoisotopic (exact) mass is 380 g/mol. The van der Waals surface area contributed by atoms with Crippen LogP contribution in [0, 0.1) is 0 Å². The fourth-order valence-electron chi connectivity index (χ4n) is 2.05. The van der Waals surface area contributed by atoms with Gasteiger partial charge in [0.25, 0.3) is 10.1 Å². The molecule has 25 heavy (non-hydrogen) atoms. The summed E-state index contributed by atoms with van der Waals surface area (Å²) in [5.41, 5.74) is 6.96. The maximum absolute atomic E-state index is 12.5. The Balaban J connectivity index is 0.000000399. The average Bonchev–Trinajstić information content (AvgIpc) is 2.54. The molecular formula is C16H16N2O5S2. The van der Waals surface area contributed by atoms with Gasteiger partial charge in [-0.3, -0.25) is 9.54 Å². The third-order valence-corrected chi connectivity index (χ3v) is 4.82. The van der Waals surface area contributed by atoms with Crippen molar-refractivity contribution >= 4 is 36.5 Å². The lowest BCUT2D eigenvalue weighted by Gasteiger charge is -2.06. The molecule has 0 unspecified atom stereocenters. The first-order chi connectivity index (χ1) is 11.6. The SMILES string of the molecule is CS(=O)(=O)O.Nc1cccc2cc(S(=O)(=O)c3ccccc3)cnc12. The summed E-state index contributed by atoms with van der Waals surface area (Å²) in [5, 5.41) is 0.710. The molecule has 3 rings (SSSR count). The number of nitrogens with two attached hydrogens (primary N) is 1. The molecule has 0 radical (unpaired) electrons. The zero-order chi connectivity index (χ0) is 18.7. The molecule has 7 nitrogen and oxygen atoms in total. The van der Waals surface area contributed by atoms with E-state index in [0.29, 0.717) is 22.8 Å². The van der Waals surface area contributed by atoms with Gasteiger partial charge < -0.3 is 5.73 Å². The molecule has 1 heterocycles. The summed E-state index contributed by atoms with van der Waals surface area (Å²) in [5.74, 6) is 0. The highest BCUT2D eigenvalue weighted by Gasteiger charge is 2.18. The van der Waals surface area contributed by atoms with E-state index in [9.17, 15) is 16.8 Å². The Morgan fingerprint density at radius 3 is 2.12 bits per heavy atom. The van der Waals surface area contributed by atoms with Crippen molar-refractivity contribution in [2.75, 3.05) is 12.0 Å². The van der Waals surface area contributed by atoms with Crippen LogP contribution < -0.4 is 5.73 Å². The number of nitrogen functional groups attached to an aromatic ring is 1. The number of aromatic nitrogens is 1. The summed E-state index contributed by atoms with van der Waals surface area (Å²) < 4.78 is 50.9. The highest BCUT2D eigenvalue weighted by molar-refractivity contribution is 7.91. The van der Waals surface area contributed by atoms with E-state index in [1.807, 2.05) is 0 Å². The van der Waals surface area contributed by atoms with Crippen LogP contribution in [-0.2, 0) is 20.0 Å². The summed E-state index contributed by atoms with van der Waals surface area (Å²) >= 11 is 0. The van der Waals surface area contributed by atoms with Gasteiger partial charge in [0.1, 0.15) is 0 Å². The molecule has 1 aromatic heterocycles. The number of para-hydroxylation sites is 1. The number of rotatable bonds is 2. The molecule has 9 heteroatoms. The predicted molar refractivity (Wildman–Crippen MR) is 95.5 cm³/mol. The second-order valence-electron chi connectivity index (χ2n) is 5.14. The third-order valence-electron chi connectivity index (χ3n) is 3.08. The van der Waals surface area contributed by atoms with E-state index in [2.05, 4.69) is 4.98 Å². The van der Waals surface area contributed by atoms with Crippen molar-refractivity contribution in [1.82, 2.24) is 4.98 Å². The second kappa shape index (κ2) is 7.18. The number of nitrogens with zero attached hydrogens (tertiary/aromatic N) is 1. The van der Waals surface area contributed by atoms with Crippen LogP contribution in [-0.4, -0.2) is 32.6 Å². The first-order valence-electron chi connectivity index (χ1n) is 6.96. The summed E-state index contributed by atoms with van der Waals surface area (Å²) in [6.07, 6.45) is 2.06. The van der Waals surface area contributed by atoms with Crippen LogP contribution in [0.1, 0.15) is 0 Å². The van der Waals surface area contributed by atoms with Crippen molar-refractivity contribution in [3.63, 3.8) is 0 Å². The number of pyridine rings is 1. The van der Waals surface area contributed by atoms with Crippen LogP contribution in [0.4, 0.5) is 5.69 Å². The van der Waals surface area contributed by atoms with Crippen LogP contribution in [0.15, 0.2) is 70.6 Å². The molecule has 0 saturated heterocycles. The topological polar surface area (TPSA) is 127 Å². The molecule has 0 atom stereocenters. The lowest BCUT2D eigenvalue weighted by Crippen LogP contribution is -2.02. The highest BCUT2D eigenvalue weighted by atomic mass is 32.2. The van der Waals surface area contributed by atoms with Crippen molar-refractivity contribution in [3.8, 4) is 0 Å². The maximum Gasteiger partial charge on any atom is 0.261 e. The van der Waals surface area contributed by atoms with Crippen LogP contribution in [0.2, 0.25) is 0 Å². The smallest absolute Gasteiger partial charge is 0.261 e. The minimum Gasteiger partial charge on any atom is -0.397 e. The second-order valence-corrected chi connectivity index (χ2v) is 8.56. The highest BCUT2D eigenvalue weighted by Crippen LogP contribution is 2.25. The van der Waals surface area contributed by atoms with Gasteiger partial charge in [-0.25, -0.2) is 8.42 Å². The fourth-order valence-corrected chi connectivity index (χ4v) is 3.31. The molecule has 0 bridgehead atoms. The lowest BCUT2D eigenvalue weighted by molar-refractivity contribution is 0.490. The van der Waals surface area contributed by atoms with E-state index in [-0.39, 0.29) is 9.79 Å². The lowest BCUT2D eigenvalue weighted by atomic mass is 10.2. The molecule has 0 aliphatic rings. The van der Waals surface area contributed by atoms with E-state index in [1.54, 1.807) is 54.6 Å². The number of fused-ring (bicyclic) bond motifs is 1. The van der Waals surface area contributed by atoms with E-state index < -0.39 is 20.0 Å². The normalized spacial score (nSPS) is 11.6. The van der Waals surface area contributed by atoms with Gasteiger partial charge >= 0.3 is 0 Å². The Hall–Kier alpha value is -2.49. The summed E-state index contributed by atoms with van der Waals surface area (Å²) in [6, 6.07) is 15.2. The van der Waals surface area contributed by atoms with E-state index in [1.165, 1.54) is 6.20 Å². The molecule has 0 amide bonds. The summed E-state index contributed by atoms with van der Waals surface area (Å²) in [7, 11) is -7.21. The Bertz CT molecular complexity index is 1090. The minimum absolute atomic E-state index is 0.168. The third kappa shape index (κ3) is 4.99. The standard InChI is InChI=1S/C15H12N2O2S.CH4O3S/c16-14-8-4-5-11-9-13(10-17-15(11)14)20(18,19)12-6-2-1-3-7-12;1-5(2,3)4/h1-10H,16H2;1H3,(H,2,3,4). The summed E-state index contributed by atoms with van der Waals surface area (Å²) in [4.78, 5) is 4.59. The Morgan fingerprint density at radius 2 is 1.52 bits per heavy atom. The molecule has 3 N–H and O–H groups in total. The largest absolute Gasteiger partial charge is 0.397 e. The van der Waals surface area contributed by atoms with Gasteiger partial charge in [0.15, 0.2) is 0 Å². The van der Waals surface area contributed by atoms with Crippen molar-refractivity contribution in [1.29, 1.82) is 0 Å². The number of benzene rings is 2. The predicted octanol–water partition coefficient (Wildman–Crippen LogP) is 2.15. The Kier molecular flexibility index (Phi) is 5.41. The van der Waals surface area contributed by atoms with Gasteiger partial charge in [0, 0.05) is 11.6 Å². The maximum atomic E-state index is 12.5. The minimum atomic E-state index is -3.67. The first kappa shape index (κ1) is 18.8. The molecule has 0 spiro atoms. The number of sulfone groups is 1. The van der Waals surface area contributed by atoms with Gasteiger partial charge in [-0.15, -0.1) is 0 Å². The van der Waals surface area contributed by atoms with Crippen LogP contribution in [0.25, 0.3) is 10.9 Å². The first-order valence-corrected chi connectivity index (χ1v) is 10.3. The molecule has 0 saturated carbocycles. The average molecular weight is 380 g/mol. The van der Waals surface area contributed by atoms with E-state index in [0.717, 1.165) is 0 Å². The van der Waals surface area contributed by atoms with Gasteiger partial charge in [0.2, 0.25) is 9.84 Å². The quantitative estimate of drug-likeness (QED) is 0.515. The number of hydrogen-bond donors (Lipinski definition) is 2. The van der Waals surface area contributed by atoms with E-state index >= 15 is 0 Å². The molecule has 132 valence electrons. The fraction of sp³-hybridized carbons (Fsp3) is 0.0625. The number of hydrogen-bond acceptors (Lipinski definition) is 6. The van der Waals surface area contributed by atoms with Crippen molar-refractivity contribution in [2.24, 2.45) is 0 Å². The molecule has 2 aromatic carbocycles. The van der Waals surface area contributed by atoms with Crippen LogP contribution in [0.5, 0.6) is 0 Å². The van der Waals surface area contributed by atoms with Gasteiger partial charge in [-0.05, 0) is 24.3 Å². The molecule has 0 fully saturated rings. The van der Waals surface area contributed by atoms with Gasteiger partial charge in [-0.1, -0.05) is 30.3 Å². The van der Waals surface area contributed by atoms with Crippen molar-refractivity contribution < 1.29 is 21.4 Å². The Labute approximate surface area is 145 Å². The Morgan fingerprint density at radius 1 is 0.920 bits per heavy atom. The zero-order valence-corrected chi connectivity index (χ0v) is 14.8. The van der Waals surface area contributed by atoms with Crippen LogP contribution >= 0.6 is 0 Å². The number of anilines is 1. The van der Waals surface area contributed by atoms with Gasteiger partial charge in [-0.2, -0.15) is 8.42 Å². The molecule has 0 aliphatic carbocycles. The molecular weight excluding hydrogens is 364 g/mol.